The third-order valence-electron chi connectivity index (χ3n) is 6.49. The number of halogens is 1. The predicted octanol–water partition coefficient (Wildman–Crippen LogP) is 3.31. The molecule has 3 atom stereocenters. The molecular formula is C22H27FN4O2. The van der Waals surface area contributed by atoms with E-state index < -0.39 is 11.6 Å². The quantitative estimate of drug-likeness (QED) is 0.861. The molecule has 2 aromatic rings. The minimum Gasteiger partial charge on any atom is -0.493 e. The molecule has 0 saturated carbocycles. The van der Waals surface area contributed by atoms with Gasteiger partial charge in [-0.25, -0.2) is 9.18 Å². The highest BCUT2D eigenvalue weighted by Gasteiger charge is 2.48. The average Bonchev–Trinajstić information content (AvgIpc) is 3.15. The van der Waals surface area contributed by atoms with E-state index in [1.54, 1.807) is 17.2 Å². The maximum Gasteiger partial charge on any atom is 0.315 e. The fraction of sp³-hybridized carbons (Fsp3) is 0.455. The minimum absolute atomic E-state index is 0.0261. The first-order valence-corrected chi connectivity index (χ1v) is 10.0. The number of aromatic nitrogens is 1. The van der Waals surface area contributed by atoms with Gasteiger partial charge in [0.2, 0.25) is 0 Å². The van der Waals surface area contributed by atoms with Crippen molar-refractivity contribution in [3.63, 3.8) is 0 Å². The van der Waals surface area contributed by atoms with Crippen molar-refractivity contribution in [3.05, 3.63) is 53.6 Å². The molecule has 0 aliphatic carbocycles. The molecule has 2 aliphatic heterocycles. The Bertz CT molecular complexity index is 937. The maximum absolute atomic E-state index is 14.5. The van der Waals surface area contributed by atoms with Gasteiger partial charge in [-0.15, -0.1) is 0 Å². The highest BCUT2D eigenvalue weighted by Crippen LogP contribution is 2.43. The molecular weight excluding hydrogens is 371 g/mol. The number of ether oxygens (including phenoxy) is 1. The Labute approximate surface area is 170 Å². The molecule has 2 N–H and O–H groups in total. The topological polar surface area (TPSA) is 71.7 Å². The number of pyridine rings is 1. The minimum atomic E-state index is -0.628. The Hall–Kier alpha value is -2.83. The zero-order chi connectivity index (χ0) is 20.8. The van der Waals surface area contributed by atoms with Crippen LogP contribution in [-0.2, 0) is 6.42 Å². The van der Waals surface area contributed by atoms with Crippen LogP contribution in [0.2, 0.25) is 0 Å². The summed E-state index contributed by atoms with van der Waals surface area (Å²) in [5.74, 6) is 0.516. The van der Waals surface area contributed by atoms with Crippen LogP contribution in [0.15, 0.2) is 36.7 Å². The first-order chi connectivity index (χ1) is 13.8. The molecule has 0 radical (unpaired) electrons. The number of hydrogen-bond donors (Lipinski definition) is 1. The summed E-state index contributed by atoms with van der Waals surface area (Å²) in [7, 11) is 0. The van der Waals surface area contributed by atoms with Crippen LogP contribution in [0.1, 0.15) is 37.8 Å². The lowest BCUT2D eigenvalue weighted by atomic mass is 9.76. The molecule has 2 aliphatic rings. The van der Waals surface area contributed by atoms with Crippen LogP contribution in [0.5, 0.6) is 5.75 Å². The van der Waals surface area contributed by atoms with E-state index in [4.69, 9.17) is 10.5 Å². The second-order valence-corrected chi connectivity index (χ2v) is 8.27. The van der Waals surface area contributed by atoms with Crippen LogP contribution in [0.25, 0.3) is 0 Å². The number of fused-ring (bicyclic) bond motifs is 1. The zero-order valence-electron chi connectivity index (χ0n) is 17.1. The fourth-order valence-corrected chi connectivity index (χ4v) is 5.04. The third kappa shape index (κ3) is 3.18. The smallest absolute Gasteiger partial charge is 0.315 e. The normalized spacial score (nSPS) is 24.8. The van der Waals surface area contributed by atoms with Gasteiger partial charge in [0, 0.05) is 43.2 Å². The molecule has 154 valence electrons. The summed E-state index contributed by atoms with van der Waals surface area (Å²) in [5, 5.41) is 0. The summed E-state index contributed by atoms with van der Waals surface area (Å²) in [6.45, 7) is 7.75. The zero-order valence-corrected chi connectivity index (χ0v) is 17.1. The van der Waals surface area contributed by atoms with E-state index >= 15 is 0 Å². The van der Waals surface area contributed by atoms with E-state index in [1.807, 2.05) is 30.9 Å². The lowest BCUT2D eigenvalue weighted by Gasteiger charge is -2.55. The van der Waals surface area contributed by atoms with Gasteiger partial charge in [0.15, 0.2) is 5.82 Å². The van der Waals surface area contributed by atoms with Crippen LogP contribution in [0.4, 0.5) is 14.9 Å². The standard InChI is InChI=1S/C22H27FN4O2/c1-14-12-26(19-7-9-25-11-18(19)23)13-22(3,27(14)21(24)28)15(2)16-5-4-6-20-17(16)8-10-29-20/h4-7,9,11,14-15H,8,10,12-13H2,1-3H3,(H2,24,28)/t14?,15-,22?/m1/s1. The number of urea groups is 1. The molecule has 1 fully saturated rings. The van der Waals surface area contributed by atoms with Gasteiger partial charge in [0.1, 0.15) is 5.75 Å². The number of piperazine rings is 1. The number of nitrogens with zero attached hydrogens (tertiary/aromatic N) is 3. The van der Waals surface area contributed by atoms with E-state index in [0.29, 0.717) is 25.4 Å². The number of hydrogen-bond acceptors (Lipinski definition) is 4. The summed E-state index contributed by atoms with van der Waals surface area (Å²) in [4.78, 5) is 20.1. The summed E-state index contributed by atoms with van der Waals surface area (Å²) in [6, 6.07) is 7.12. The van der Waals surface area contributed by atoms with Gasteiger partial charge in [0.25, 0.3) is 0 Å². The molecule has 3 heterocycles. The summed E-state index contributed by atoms with van der Waals surface area (Å²) < 4.78 is 20.2. The molecule has 29 heavy (non-hydrogen) atoms. The molecule has 0 spiro atoms. The van der Waals surface area contributed by atoms with Gasteiger partial charge in [-0.2, -0.15) is 0 Å². The monoisotopic (exact) mass is 398 g/mol. The van der Waals surface area contributed by atoms with Crippen LogP contribution in [-0.4, -0.2) is 47.2 Å². The van der Waals surface area contributed by atoms with Crippen molar-refractivity contribution in [2.24, 2.45) is 5.73 Å². The molecule has 1 aromatic carbocycles. The highest BCUT2D eigenvalue weighted by atomic mass is 19.1. The number of benzene rings is 1. The van der Waals surface area contributed by atoms with Crippen molar-refractivity contribution in [2.45, 2.75) is 44.7 Å². The highest BCUT2D eigenvalue weighted by molar-refractivity contribution is 5.74. The molecule has 2 unspecified atom stereocenters. The molecule has 2 amide bonds. The van der Waals surface area contributed by atoms with Gasteiger partial charge in [-0.1, -0.05) is 19.1 Å². The Balaban J connectivity index is 1.77. The molecule has 1 aromatic heterocycles. The molecule has 0 bridgehead atoms. The lowest BCUT2D eigenvalue weighted by Crippen LogP contribution is -2.69. The summed E-state index contributed by atoms with van der Waals surface area (Å²) in [5.41, 5.74) is 8.04. The SMILES string of the molecule is CC1CN(c2ccncc2F)CC(C)([C@H](C)c2cccc3c2CCO3)N1C(N)=O. The summed E-state index contributed by atoms with van der Waals surface area (Å²) in [6.07, 6.45) is 3.66. The Morgan fingerprint density at radius 1 is 1.41 bits per heavy atom. The van der Waals surface area contributed by atoms with Crippen LogP contribution in [0, 0.1) is 5.82 Å². The maximum atomic E-state index is 14.5. The molecule has 4 rings (SSSR count). The van der Waals surface area contributed by atoms with Crippen molar-refractivity contribution in [1.82, 2.24) is 9.88 Å². The Morgan fingerprint density at radius 2 is 2.21 bits per heavy atom. The number of carbonyl (C=O) groups excluding carboxylic acids is 1. The number of anilines is 1. The largest absolute Gasteiger partial charge is 0.493 e. The van der Waals surface area contributed by atoms with Crippen LogP contribution < -0.4 is 15.4 Å². The Kier molecular flexibility index (Phi) is 4.84. The first kappa shape index (κ1) is 19.5. The number of rotatable bonds is 3. The molecule has 1 saturated heterocycles. The van der Waals surface area contributed by atoms with Crippen molar-refractivity contribution >= 4 is 11.7 Å². The van der Waals surface area contributed by atoms with Crippen molar-refractivity contribution in [1.29, 1.82) is 0 Å². The van der Waals surface area contributed by atoms with Gasteiger partial charge >= 0.3 is 6.03 Å². The predicted molar refractivity (Wildman–Crippen MR) is 110 cm³/mol. The van der Waals surface area contributed by atoms with Gasteiger partial charge in [-0.3, -0.25) is 4.98 Å². The number of nitrogens with two attached hydrogens (primary N) is 1. The third-order valence-corrected chi connectivity index (χ3v) is 6.49. The molecule has 7 heteroatoms. The van der Waals surface area contributed by atoms with Crippen molar-refractivity contribution in [2.75, 3.05) is 24.6 Å². The van der Waals surface area contributed by atoms with E-state index in [1.165, 1.54) is 11.8 Å². The number of carbonyl (C=O) groups is 1. The van der Waals surface area contributed by atoms with E-state index in [2.05, 4.69) is 18.0 Å². The number of amides is 2. The second kappa shape index (κ2) is 7.21. The van der Waals surface area contributed by atoms with Crippen LogP contribution >= 0.6 is 0 Å². The average molecular weight is 398 g/mol. The lowest BCUT2D eigenvalue weighted by molar-refractivity contribution is 0.0657. The first-order valence-electron chi connectivity index (χ1n) is 10.0. The van der Waals surface area contributed by atoms with Crippen molar-refractivity contribution < 1.29 is 13.9 Å². The van der Waals surface area contributed by atoms with E-state index in [0.717, 1.165) is 17.7 Å². The molecule has 6 nitrogen and oxygen atoms in total. The van der Waals surface area contributed by atoms with Gasteiger partial charge < -0.3 is 20.3 Å². The second-order valence-electron chi connectivity index (χ2n) is 8.27. The fourth-order valence-electron chi connectivity index (χ4n) is 5.04. The van der Waals surface area contributed by atoms with Gasteiger partial charge in [0.05, 0.1) is 24.0 Å². The van der Waals surface area contributed by atoms with Gasteiger partial charge in [-0.05, 0) is 31.5 Å². The number of primary amides is 1. The summed E-state index contributed by atoms with van der Waals surface area (Å²) >= 11 is 0. The van der Waals surface area contributed by atoms with E-state index in [9.17, 15) is 9.18 Å². The Morgan fingerprint density at radius 3 is 2.93 bits per heavy atom. The van der Waals surface area contributed by atoms with Crippen LogP contribution in [0.3, 0.4) is 0 Å². The van der Waals surface area contributed by atoms with E-state index in [-0.39, 0.29) is 17.8 Å². The van der Waals surface area contributed by atoms with Crippen molar-refractivity contribution in [3.8, 4) is 5.75 Å².